The molecule has 2 N–H and O–H groups in total. The van der Waals surface area contributed by atoms with Crippen LogP contribution in [0.25, 0.3) is 0 Å². The van der Waals surface area contributed by atoms with E-state index in [0.717, 1.165) is 5.56 Å². The van der Waals surface area contributed by atoms with Crippen molar-refractivity contribution in [3.05, 3.63) is 60.2 Å². The normalized spacial score (nSPS) is 9.95. The molecule has 0 saturated carbocycles. The molecule has 2 aromatic rings. The van der Waals surface area contributed by atoms with E-state index in [1.165, 1.54) is 6.92 Å². The molecule has 0 atom stereocenters. The monoisotopic (exact) mass is 282 g/mol. The number of aryl methyl sites for hydroxylation is 1. The maximum atomic E-state index is 12.0. The van der Waals surface area contributed by atoms with Crippen LogP contribution in [0.5, 0.6) is 0 Å². The van der Waals surface area contributed by atoms with Crippen LogP contribution in [0.15, 0.2) is 54.6 Å². The maximum Gasteiger partial charge on any atom is 0.224 e. The molecule has 0 saturated heterocycles. The smallest absolute Gasteiger partial charge is 0.224 e. The fourth-order valence-electron chi connectivity index (χ4n) is 2.01. The number of benzene rings is 2. The summed E-state index contributed by atoms with van der Waals surface area (Å²) >= 11 is 0. The van der Waals surface area contributed by atoms with Crippen LogP contribution in [0, 0.1) is 0 Å². The summed E-state index contributed by atoms with van der Waals surface area (Å²) in [5.74, 6) is -0.238. The van der Waals surface area contributed by atoms with Gasteiger partial charge in [-0.25, -0.2) is 0 Å². The molecule has 2 aromatic carbocycles. The van der Waals surface area contributed by atoms with Crippen molar-refractivity contribution in [2.24, 2.45) is 0 Å². The Kier molecular flexibility index (Phi) is 5.10. The zero-order valence-electron chi connectivity index (χ0n) is 11.9. The summed E-state index contributed by atoms with van der Waals surface area (Å²) in [6.07, 6.45) is 1.09. The molecule has 2 amide bonds. The number of hydrogen-bond donors (Lipinski definition) is 2. The van der Waals surface area contributed by atoms with Gasteiger partial charge in [0.15, 0.2) is 0 Å². The molecule has 2 rings (SSSR count). The average Bonchev–Trinajstić information content (AvgIpc) is 2.48. The van der Waals surface area contributed by atoms with E-state index in [0.29, 0.717) is 24.2 Å². The second-order valence-corrected chi connectivity index (χ2v) is 4.76. The summed E-state index contributed by atoms with van der Waals surface area (Å²) in [5, 5.41) is 5.53. The molecule has 0 radical (unpaired) electrons. The Bertz CT molecular complexity index is 624. The predicted molar refractivity (Wildman–Crippen MR) is 84.1 cm³/mol. The first kappa shape index (κ1) is 14.8. The van der Waals surface area contributed by atoms with Crippen molar-refractivity contribution in [3.63, 3.8) is 0 Å². The van der Waals surface area contributed by atoms with Crippen LogP contribution in [-0.4, -0.2) is 11.8 Å². The molecule has 108 valence electrons. The van der Waals surface area contributed by atoms with Gasteiger partial charge in [-0.3, -0.25) is 9.59 Å². The van der Waals surface area contributed by atoms with Gasteiger partial charge in [-0.05, 0) is 24.1 Å². The zero-order valence-corrected chi connectivity index (χ0v) is 11.9. The molecule has 0 spiro atoms. The van der Waals surface area contributed by atoms with Gasteiger partial charge in [-0.2, -0.15) is 0 Å². The minimum atomic E-state index is -0.166. The lowest BCUT2D eigenvalue weighted by Gasteiger charge is -2.11. The number of carbonyl (C=O) groups excluding carboxylic acids is 2. The summed E-state index contributed by atoms with van der Waals surface area (Å²) < 4.78 is 0. The minimum absolute atomic E-state index is 0.0725. The molecular weight excluding hydrogens is 264 g/mol. The van der Waals surface area contributed by atoms with Crippen molar-refractivity contribution < 1.29 is 9.59 Å². The molecule has 0 aliphatic rings. The lowest BCUT2D eigenvalue weighted by atomic mass is 10.1. The van der Waals surface area contributed by atoms with Crippen molar-refractivity contribution >= 4 is 23.2 Å². The zero-order chi connectivity index (χ0) is 15.1. The van der Waals surface area contributed by atoms with E-state index in [1.807, 2.05) is 42.5 Å². The number of anilines is 2. The summed E-state index contributed by atoms with van der Waals surface area (Å²) in [5.41, 5.74) is 2.35. The van der Waals surface area contributed by atoms with E-state index in [-0.39, 0.29) is 11.8 Å². The third-order valence-electron chi connectivity index (χ3n) is 3.00. The van der Waals surface area contributed by atoms with Crippen molar-refractivity contribution in [1.82, 2.24) is 0 Å². The van der Waals surface area contributed by atoms with Gasteiger partial charge in [0.2, 0.25) is 11.8 Å². The van der Waals surface area contributed by atoms with E-state index >= 15 is 0 Å². The lowest BCUT2D eigenvalue weighted by Crippen LogP contribution is -2.15. The fourth-order valence-corrected chi connectivity index (χ4v) is 2.01. The van der Waals surface area contributed by atoms with E-state index in [1.54, 1.807) is 12.1 Å². The van der Waals surface area contributed by atoms with E-state index in [2.05, 4.69) is 10.6 Å². The first-order chi connectivity index (χ1) is 10.1. The molecule has 0 unspecified atom stereocenters. The summed E-state index contributed by atoms with van der Waals surface area (Å²) in [7, 11) is 0. The van der Waals surface area contributed by atoms with Gasteiger partial charge in [0.25, 0.3) is 0 Å². The second-order valence-electron chi connectivity index (χ2n) is 4.76. The van der Waals surface area contributed by atoms with Gasteiger partial charge in [0, 0.05) is 13.3 Å². The highest BCUT2D eigenvalue weighted by Gasteiger charge is 2.07. The number of hydrogen-bond acceptors (Lipinski definition) is 2. The quantitative estimate of drug-likeness (QED) is 0.884. The molecule has 4 nitrogen and oxygen atoms in total. The Balaban J connectivity index is 1.95. The number of carbonyl (C=O) groups is 2. The highest BCUT2D eigenvalue weighted by molar-refractivity contribution is 5.98. The molecule has 0 bridgehead atoms. The van der Waals surface area contributed by atoms with Crippen molar-refractivity contribution in [2.45, 2.75) is 19.8 Å². The Morgan fingerprint density at radius 3 is 2.05 bits per heavy atom. The number of para-hydroxylation sites is 2. The van der Waals surface area contributed by atoms with Crippen LogP contribution >= 0.6 is 0 Å². The predicted octanol–water partition coefficient (Wildman–Crippen LogP) is 3.22. The molecule has 0 aliphatic carbocycles. The molecule has 0 heterocycles. The van der Waals surface area contributed by atoms with Crippen LogP contribution in [0.3, 0.4) is 0 Å². The molecule has 0 aromatic heterocycles. The Morgan fingerprint density at radius 1 is 0.857 bits per heavy atom. The molecule has 0 fully saturated rings. The van der Waals surface area contributed by atoms with Crippen molar-refractivity contribution in [2.75, 3.05) is 10.6 Å². The topological polar surface area (TPSA) is 58.2 Å². The van der Waals surface area contributed by atoms with E-state index in [9.17, 15) is 9.59 Å². The van der Waals surface area contributed by atoms with Gasteiger partial charge in [-0.15, -0.1) is 0 Å². The molecule has 4 heteroatoms. The summed E-state index contributed by atoms with van der Waals surface area (Å²) in [6, 6.07) is 17.0. The number of nitrogens with one attached hydrogen (secondary N) is 2. The molecule has 0 aliphatic heterocycles. The second kappa shape index (κ2) is 7.24. The van der Waals surface area contributed by atoms with Crippen LogP contribution in [0.4, 0.5) is 11.4 Å². The van der Waals surface area contributed by atoms with Crippen molar-refractivity contribution in [1.29, 1.82) is 0 Å². The van der Waals surface area contributed by atoms with Crippen LogP contribution in [-0.2, 0) is 16.0 Å². The standard InChI is InChI=1S/C17H18N2O2/c1-13(20)18-15-9-5-6-10-16(15)19-17(21)12-11-14-7-3-2-4-8-14/h2-10H,11-12H2,1H3,(H,18,20)(H,19,21). The molecule has 21 heavy (non-hydrogen) atoms. The molecular formula is C17H18N2O2. The highest BCUT2D eigenvalue weighted by Crippen LogP contribution is 2.21. The van der Waals surface area contributed by atoms with Gasteiger partial charge in [0.05, 0.1) is 11.4 Å². The summed E-state index contributed by atoms with van der Waals surface area (Å²) in [4.78, 5) is 23.1. The van der Waals surface area contributed by atoms with Gasteiger partial charge >= 0.3 is 0 Å². The highest BCUT2D eigenvalue weighted by atomic mass is 16.2. The fraction of sp³-hybridized carbons (Fsp3) is 0.176. The van der Waals surface area contributed by atoms with Crippen LogP contribution in [0.2, 0.25) is 0 Å². The van der Waals surface area contributed by atoms with Gasteiger partial charge in [0.1, 0.15) is 0 Å². The van der Waals surface area contributed by atoms with Crippen LogP contribution in [0.1, 0.15) is 18.9 Å². The Hall–Kier alpha value is -2.62. The third-order valence-corrected chi connectivity index (χ3v) is 3.00. The number of rotatable bonds is 5. The lowest BCUT2D eigenvalue weighted by molar-refractivity contribution is -0.116. The SMILES string of the molecule is CC(=O)Nc1ccccc1NC(=O)CCc1ccccc1. The van der Waals surface area contributed by atoms with E-state index in [4.69, 9.17) is 0 Å². The van der Waals surface area contributed by atoms with Crippen molar-refractivity contribution in [3.8, 4) is 0 Å². The Morgan fingerprint density at radius 2 is 1.43 bits per heavy atom. The first-order valence-electron chi connectivity index (χ1n) is 6.85. The average molecular weight is 282 g/mol. The Labute approximate surface area is 124 Å². The summed E-state index contributed by atoms with van der Waals surface area (Å²) in [6.45, 7) is 1.44. The third kappa shape index (κ3) is 4.76. The van der Waals surface area contributed by atoms with Gasteiger partial charge < -0.3 is 10.6 Å². The maximum absolute atomic E-state index is 12.0. The van der Waals surface area contributed by atoms with Crippen LogP contribution < -0.4 is 10.6 Å². The van der Waals surface area contributed by atoms with E-state index < -0.39 is 0 Å². The first-order valence-corrected chi connectivity index (χ1v) is 6.85. The van der Waals surface area contributed by atoms with Gasteiger partial charge in [-0.1, -0.05) is 42.5 Å². The number of amides is 2. The largest absolute Gasteiger partial charge is 0.325 e. The minimum Gasteiger partial charge on any atom is -0.325 e.